The summed E-state index contributed by atoms with van der Waals surface area (Å²) in [5.41, 5.74) is 0.433. The third kappa shape index (κ3) is 4.25. The summed E-state index contributed by atoms with van der Waals surface area (Å²) in [4.78, 5) is 4.30. The number of nitrogens with zero attached hydrogens (tertiary/aromatic N) is 1. The van der Waals surface area contributed by atoms with Gasteiger partial charge in [-0.05, 0) is 35.7 Å². The number of fused-ring (bicyclic) bond motifs is 1. The summed E-state index contributed by atoms with van der Waals surface area (Å²) in [7, 11) is -0.805. The van der Waals surface area contributed by atoms with Gasteiger partial charge in [-0.3, -0.25) is 9.71 Å². The van der Waals surface area contributed by atoms with Gasteiger partial charge in [-0.15, -0.1) is 11.3 Å². The molecule has 31 heavy (non-hydrogen) atoms. The molecule has 0 saturated carbocycles. The molecule has 0 atom stereocenters. The van der Waals surface area contributed by atoms with Crippen molar-refractivity contribution in [2.24, 2.45) is 0 Å². The molecular weight excluding hydrogens is 443 g/mol. The maximum absolute atomic E-state index is 14.6. The van der Waals surface area contributed by atoms with E-state index in [1.165, 1.54) is 32.4 Å². The Morgan fingerprint density at radius 1 is 1.00 bits per heavy atom. The van der Waals surface area contributed by atoms with Gasteiger partial charge < -0.3 is 14.2 Å². The van der Waals surface area contributed by atoms with Crippen LogP contribution in [0.2, 0.25) is 0 Å². The van der Waals surface area contributed by atoms with Gasteiger partial charge in [0.1, 0.15) is 15.7 Å². The molecule has 0 radical (unpaired) electrons. The van der Waals surface area contributed by atoms with Gasteiger partial charge >= 0.3 is 0 Å². The Bertz CT molecular complexity index is 1340. The van der Waals surface area contributed by atoms with Crippen LogP contribution in [-0.2, 0) is 10.0 Å². The number of methoxy groups -OCH3 is 2. The van der Waals surface area contributed by atoms with E-state index in [0.29, 0.717) is 28.2 Å². The number of pyridine rings is 1. The molecule has 0 unspecified atom stereocenters. The second kappa shape index (κ2) is 8.40. The second-order valence-corrected chi connectivity index (χ2v) is 9.17. The number of thiophene rings is 1. The average Bonchev–Trinajstić information content (AvgIpc) is 3.31. The van der Waals surface area contributed by atoms with Crippen LogP contribution in [0.1, 0.15) is 0 Å². The lowest BCUT2D eigenvalue weighted by atomic mass is 10.2. The van der Waals surface area contributed by atoms with Crippen molar-refractivity contribution in [1.82, 2.24) is 4.98 Å². The fourth-order valence-corrected chi connectivity index (χ4v) is 4.98. The Morgan fingerprint density at radius 2 is 1.77 bits per heavy atom. The number of aromatic nitrogens is 1. The first-order chi connectivity index (χ1) is 14.9. The van der Waals surface area contributed by atoms with Crippen molar-refractivity contribution in [3.05, 3.63) is 65.9 Å². The van der Waals surface area contributed by atoms with E-state index in [1.807, 2.05) is 0 Å². The minimum Gasteiger partial charge on any atom is -0.493 e. The van der Waals surface area contributed by atoms with Crippen LogP contribution < -0.4 is 18.9 Å². The van der Waals surface area contributed by atoms with E-state index < -0.39 is 15.8 Å². The van der Waals surface area contributed by atoms with Gasteiger partial charge in [0.2, 0.25) is 0 Å². The van der Waals surface area contributed by atoms with Crippen molar-refractivity contribution >= 4 is 38.0 Å². The van der Waals surface area contributed by atoms with Gasteiger partial charge in [-0.25, -0.2) is 12.8 Å². The van der Waals surface area contributed by atoms with E-state index in [4.69, 9.17) is 14.2 Å². The maximum atomic E-state index is 14.6. The van der Waals surface area contributed by atoms with Crippen LogP contribution >= 0.6 is 11.3 Å². The normalized spacial score (nSPS) is 11.3. The van der Waals surface area contributed by atoms with Crippen molar-refractivity contribution in [3.8, 4) is 23.0 Å². The first-order valence-electron chi connectivity index (χ1n) is 8.96. The number of hydrogen-bond acceptors (Lipinski definition) is 7. The highest BCUT2D eigenvalue weighted by Crippen LogP contribution is 2.37. The quantitative estimate of drug-likeness (QED) is 0.416. The summed E-state index contributed by atoms with van der Waals surface area (Å²) >= 11 is 1.04. The average molecular weight is 461 g/mol. The summed E-state index contributed by atoms with van der Waals surface area (Å²) in [6, 6.07) is 12.0. The summed E-state index contributed by atoms with van der Waals surface area (Å²) < 4.78 is 58.1. The van der Waals surface area contributed by atoms with Crippen LogP contribution in [-0.4, -0.2) is 27.6 Å². The van der Waals surface area contributed by atoms with Gasteiger partial charge in [0.15, 0.2) is 17.3 Å². The zero-order valence-electron chi connectivity index (χ0n) is 16.5. The van der Waals surface area contributed by atoms with Gasteiger partial charge in [-0.2, -0.15) is 0 Å². The van der Waals surface area contributed by atoms with Crippen LogP contribution in [0.3, 0.4) is 0 Å². The fourth-order valence-electron chi connectivity index (χ4n) is 2.92. The number of hydrogen-bond donors (Lipinski definition) is 1. The number of rotatable bonds is 7. The number of anilines is 1. The number of benzene rings is 2. The highest BCUT2D eigenvalue weighted by atomic mass is 32.2. The SMILES string of the molecule is COc1cc2nccc(Oc3ccc(NS(=O)(=O)c4cccs4)c(F)c3)c2cc1OC. The fraction of sp³-hybridized carbons (Fsp3) is 0.0952. The molecule has 4 aromatic rings. The number of halogens is 1. The molecule has 10 heteroatoms. The lowest BCUT2D eigenvalue weighted by Crippen LogP contribution is -2.12. The molecule has 0 aliphatic heterocycles. The maximum Gasteiger partial charge on any atom is 0.271 e. The topological polar surface area (TPSA) is 86.8 Å². The molecule has 7 nitrogen and oxygen atoms in total. The Hall–Kier alpha value is -3.37. The van der Waals surface area contributed by atoms with Crippen molar-refractivity contribution in [1.29, 1.82) is 0 Å². The highest BCUT2D eigenvalue weighted by molar-refractivity contribution is 7.94. The van der Waals surface area contributed by atoms with Gasteiger partial charge in [0.05, 0.1) is 25.4 Å². The molecule has 0 bridgehead atoms. The minimum atomic E-state index is -3.85. The van der Waals surface area contributed by atoms with Crippen molar-refractivity contribution in [2.45, 2.75) is 4.21 Å². The molecule has 0 amide bonds. The molecule has 1 N–H and O–H groups in total. The Labute approximate surface area is 182 Å². The summed E-state index contributed by atoms with van der Waals surface area (Å²) in [5, 5.41) is 2.27. The van der Waals surface area contributed by atoms with Crippen LogP contribution in [0, 0.1) is 5.82 Å². The third-order valence-electron chi connectivity index (χ3n) is 4.38. The van der Waals surface area contributed by atoms with Crippen molar-refractivity contribution < 1.29 is 27.0 Å². The predicted octanol–water partition coefficient (Wildman–Crippen LogP) is 5.05. The second-order valence-electron chi connectivity index (χ2n) is 6.31. The number of ether oxygens (including phenoxy) is 3. The summed E-state index contributed by atoms with van der Waals surface area (Å²) in [5.74, 6) is 0.872. The summed E-state index contributed by atoms with van der Waals surface area (Å²) in [6.45, 7) is 0. The van der Waals surface area contributed by atoms with Crippen LogP contribution in [0.5, 0.6) is 23.0 Å². The monoisotopic (exact) mass is 460 g/mol. The number of sulfonamides is 1. The smallest absolute Gasteiger partial charge is 0.271 e. The van der Waals surface area contributed by atoms with E-state index in [1.54, 1.807) is 35.8 Å². The predicted molar refractivity (Wildman–Crippen MR) is 116 cm³/mol. The van der Waals surface area contributed by atoms with Gasteiger partial charge in [-0.1, -0.05) is 6.07 Å². The Kier molecular flexibility index (Phi) is 5.66. The molecule has 0 fully saturated rings. The standard InChI is InChI=1S/C21H17FN2O5S2/c1-27-19-11-14-17(12-20(19)28-2)23-8-7-18(14)29-13-5-6-16(15(22)10-13)24-31(25,26)21-4-3-9-30-21/h3-12,24H,1-2H3. The van der Waals surface area contributed by atoms with Crippen LogP contribution in [0.25, 0.3) is 10.9 Å². The Balaban J connectivity index is 1.63. The van der Waals surface area contributed by atoms with E-state index in [0.717, 1.165) is 17.4 Å². The highest BCUT2D eigenvalue weighted by Gasteiger charge is 2.18. The van der Waals surface area contributed by atoms with Gasteiger partial charge in [0, 0.05) is 23.7 Å². The molecule has 0 aliphatic rings. The van der Waals surface area contributed by atoms with Crippen molar-refractivity contribution in [2.75, 3.05) is 18.9 Å². The molecule has 0 aliphatic carbocycles. The molecule has 160 valence electrons. The van der Waals surface area contributed by atoms with E-state index in [-0.39, 0.29) is 15.6 Å². The first kappa shape index (κ1) is 20.9. The molecular formula is C21H17FN2O5S2. The van der Waals surface area contributed by atoms with Crippen LogP contribution in [0.15, 0.2) is 64.3 Å². The molecule has 0 saturated heterocycles. The largest absolute Gasteiger partial charge is 0.493 e. The van der Waals surface area contributed by atoms with Gasteiger partial charge in [0.25, 0.3) is 10.0 Å². The van der Waals surface area contributed by atoms with Crippen LogP contribution in [0.4, 0.5) is 10.1 Å². The molecule has 2 heterocycles. The zero-order valence-corrected chi connectivity index (χ0v) is 18.1. The van der Waals surface area contributed by atoms with Crippen molar-refractivity contribution in [3.63, 3.8) is 0 Å². The van der Waals surface area contributed by atoms with E-state index >= 15 is 0 Å². The zero-order chi connectivity index (χ0) is 22.0. The third-order valence-corrected chi connectivity index (χ3v) is 7.14. The van der Waals surface area contributed by atoms with E-state index in [2.05, 4.69) is 9.71 Å². The lowest BCUT2D eigenvalue weighted by molar-refractivity contribution is 0.355. The summed E-state index contributed by atoms with van der Waals surface area (Å²) in [6.07, 6.45) is 1.56. The first-order valence-corrected chi connectivity index (χ1v) is 11.3. The minimum absolute atomic E-state index is 0.0971. The Morgan fingerprint density at radius 3 is 2.45 bits per heavy atom. The molecule has 2 aromatic heterocycles. The number of nitrogens with one attached hydrogen (secondary N) is 1. The lowest BCUT2D eigenvalue weighted by Gasteiger charge is -2.13. The molecule has 4 rings (SSSR count). The molecule has 0 spiro atoms. The molecule has 2 aromatic carbocycles. The van der Waals surface area contributed by atoms with E-state index in [9.17, 15) is 12.8 Å².